The molecule has 0 radical (unpaired) electrons. The fourth-order valence-corrected chi connectivity index (χ4v) is 4.14. The zero-order chi connectivity index (χ0) is 23.2. The normalized spacial score (nSPS) is 15.9. The van der Waals surface area contributed by atoms with Crippen LogP contribution in [0.15, 0.2) is 85.7 Å². The Balaban J connectivity index is 1.59. The van der Waals surface area contributed by atoms with Crippen LogP contribution in [0.2, 0.25) is 0 Å². The summed E-state index contributed by atoms with van der Waals surface area (Å²) in [5.74, 6) is 0.384. The molecule has 6 nitrogen and oxygen atoms in total. The lowest BCUT2D eigenvalue weighted by Crippen LogP contribution is -2.59. The van der Waals surface area contributed by atoms with Crippen LogP contribution >= 0.6 is 0 Å². The van der Waals surface area contributed by atoms with Crippen molar-refractivity contribution in [3.63, 3.8) is 0 Å². The maximum absolute atomic E-state index is 13.4. The number of hydrogen-bond donors (Lipinski definition) is 0. The minimum Gasteiger partial charge on any atom is -0.497 e. The Hall–Kier alpha value is -3.93. The van der Waals surface area contributed by atoms with E-state index in [0.29, 0.717) is 37.4 Å². The number of amides is 2. The van der Waals surface area contributed by atoms with Crippen LogP contribution in [0.1, 0.15) is 15.9 Å². The Morgan fingerprint density at radius 1 is 1.09 bits per heavy atom. The molecule has 1 aliphatic rings. The summed E-state index contributed by atoms with van der Waals surface area (Å²) in [7, 11) is 1.57. The summed E-state index contributed by atoms with van der Waals surface area (Å²) in [6, 6.07) is 18.5. The van der Waals surface area contributed by atoms with E-state index in [-0.39, 0.29) is 11.8 Å². The molecule has 2 amide bonds. The highest BCUT2D eigenvalue weighted by Crippen LogP contribution is 2.23. The lowest BCUT2D eigenvalue weighted by Gasteiger charge is -2.40. The van der Waals surface area contributed by atoms with Crippen LogP contribution in [0.5, 0.6) is 5.75 Å². The summed E-state index contributed by atoms with van der Waals surface area (Å²) < 4.78 is 5.27. The van der Waals surface area contributed by atoms with Gasteiger partial charge in [-0.2, -0.15) is 0 Å². The first-order chi connectivity index (χ1) is 16.1. The van der Waals surface area contributed by atoms with Crippen molar-refractivity contribution < 1.29 is 14.3 Å². The van der Waals surface area contributed by atoms with Gasteiger partial charge in [-0.25, -0.2) is 0 Å². The van der Waals surface area contributed by atoms with E-state index in [9.17, 15) is 9.59 Å². The monoisotopic (exact) mass is 441 g/mol. The molecule has 1 atom stereocenters. The zero-order valence-electron chi connectivity index (χ0n) is 18.7. The predicted molar refractivity (Wildman–Crippen MR) is 128 cm³/mol. The van der Waals surface area contributed by atoms with E-state index in [1.165, 1.54) is 0 Å². The van der Waals surface area contributed by atoms with Gasteiger partial charge in [0, 0.05) is 44.0 Å². The molecule has 0 N–H and O–H groups in total. The second-order valence-corrected chi connectivity index (χ2v) is 7.96. The third kappa shape index (κ3) is 4.95. The third-order valence-corrected chi connectivity index (χ3v) is 5.91. The maximum atomic E-state index is 13.4. The molecule has 1 aromatic heterocycles. The SMILES string of the molecule is C=CCN1CCN(C(=O)c2cccc(OC)c2)[C@H](Cc2ccc(-c3ccncc3)cc2)C1=O. The van der Waals surface area contributed by atoms with Crippen molar-refractivity contribution in [3.05, 3.63) is 96.8 Å². The van der Waals surface area contributed by atoms with Crippen LogP contribution in [-0.2, 0) is 11.2 Å². The molecule has 1 aliphatic heterocycles. The first-order valence-electron chi connectivity index (χ1n) is 10.9. The quantitative estimate of drug-likeness (QED) is 0.523. The summed E-state index contributed by atoms with van der Waals surface area (Å²) >= 11 is 0. The standard InChI is InChI=1S/C27H27N3O3/c1-3-15-29-16-17-30(26(31)23-5-4-6-24(19-23)33-2)25(27(29)32)18-20-7-9-21(10-8-20)22-11-13-28-14-12-22/h3-14,19,25H,1,15-18H2,2H3/t25-/m1/s1. The summed E-state index contributed by atoms with van der Waals surface area (Å²) in [6.45, 7) is 5.19. The molecule has 0 spiro atoms. The average molecular weight is 442 g/mol. The van der Waals surface area contributed by atoms with Gasteiger partial charge in [-0.1, -0.05) is 36.4 Å². The fraction of sp³-hybridized carbons (Fsp3) is 0.222. The number of pyridine rings is 1. The smallest absolute Gasteiger partial charge is 0.254 e. The van der Waals surface area contributed by atoms with Gasteiger partial charge in [0.25, 0.3) is 5.91 Å². The number of aromatic nitrogens is 1. The number of ether oxygens (including phenoxy) is 1. The molecular weight excluding hydrogens is 414 g/mol. The number of hydrogen-bond acceptors (Lipinski definition) is 4. The van der Waals surface area contributed by atoms with Crippen molar-refractivity contribution in [2.45, 2.75) is 12.5 Å². The van der Waals surface area contributed by atoms with Gasteiger partial charge in [0.1, 0.15) is 11.8 Å². The Labute approximate surface area is 194 Å². The molecular formula is C27H27N3O3. The molecule has 0 aliphatic carbocycles. The van der Waals surface area contributed by atoms with Gasteiger partial charge in [-0.05, 0) is 47.0 Å². The number of carbonyl (C=O) groups excluding carboxylic acids is 2. The topological polar surface area (TPSA) is 62.7 Å². The van der Waals surface area contributed by atoms with Gasteiger partial charge in [-0.3, -0.25) is 14.6 Å². The van der Waals surface area contributed by atoms with Gasteiger partial charge in [0.15, 0.2) is 0 Å². The summed E-state index contributed by atoms with van der Waals surface area (Å²) in [5, 5.41) is 0. The average Bonchev–Trinajstić information content (AvgIpc) is 2.87. The van der Waals surface area contributed by atoms with Crippen LogP contribution in [0.3, 0.4) is 0 Å². The minimum absolute atomic E-state index is 0.0596. The summed E-state index contributed by atoms with van der Waals surface area (Å²) in [6.07, 6.45) is 5.69. The molecule has 0 saturated carbocycles. The summed E-state index contributed by atoms with van der Waals surface area (Å²) in [4.78, 5) is 34.2. The molecule has 33 heavy (non-hydrogen) atoms. The Bertz CT molecular complexity index is 1130. The van der Waals surface area contributed by atoms with E-state index in [1.807, 2.05) is 36.4 Å². The maximum Gasteiger partial charge on any atom is 0.254 e. The third-order valence-electron chi connectivity index (χ3n) is 5.91. The summed E-state index contributed by atoms with van der Waals surface area (Å²) in [5.41, 5.74) is 3.67. The van der Waals surface area contributed by atoms with Crippen LogP contribution in [0.4, 0.5) is 0 Å². The number of piperazine rings is 1. The number of benzene rings is 2. The van der Waals surface area contributed by atoms with E-state index in [1.54, 1.807) is 59.6 Å². The molecule has 2 heterocycles. The van der Waals surface area contributed by atoms with Gasteiger partial charge in [0.05, 0.1) is 7.11 Å². The van der Waals surface area contributed by atoms with E-state index < -0.39 is 6.04 Å². The number of rotatable bonds is 7. The van der Waals surface area contributed by atoms with E-state index in [0.717, 1.165) is 16.7 Å². The second kappa shape index (κ2) is 10.1. The number of nitrogens with zero attached hydrogens (tertiary/aromatic N) is 3. The number of carbonyl (C=O) groups is 2. The van der Waals surface area contributed by atoms with Crippen LogP contribution in [-0.4, -0.2) is 59.4 Å². The highest BCUT2D eigenvalue weighted by molar-refractivity contribution is 5.98. The van der Waals surface area contributed by atoms with Crippen LogP contribution in [0, 0.1) is 0 Å². The first-order valence-corrected chi connectivity index (χ1v) is 10.9. The highest BCUT2D eigenvalue weighted by Gasteiger charge is 2.37. The Kier molecular flexibility index (Phi) is 6.83. The molecule has 0 bridgehead atoms. The zero-order valence-corrected chi connectivity index (χ0v) is 18.7. The van der Waals surface area contributed by atoms with E-state index in [2.05, 4.69) is 11.6 Å². The van der Waals surface area contributed by atoms with Crippen molar-refractivity contribution in [2.75, 3.05) is 26.7 Å². The van der Waals surface area contributed by atoms with Gasteiger partial charge in [0.2, 0.25) is 5.91 Å². The van der Waals surface area contributed by atoms with Crippen molar-refractivity contribution >= 4 is 11.8 Å². The Morgan fingerprint density at radius 3 is 2.52 bits per heavy atom. The van der Waals surface area contributed by atoms with Crippen molar-refractivity contribution in [2.24, 2.45) is 0 Å². The fourth-order valence-electron chi connectivity index (χ4n) is 4.14. The lowest BCUT2D eigenvalue weighted by molar-refractivity contribution is -0.139. The largest absolute Gasteiger partial charge is 0.497 e. The van der Waals surface area contributed by atoms with Crippen LogP contribution in [0.25, 0.3) is 11.1 Å². The van der Waals surface area contributed by atoms with Crippen molar-refractivity contribution in [3.8, 4) is 16.9 Å². The van der Waals surface area contributed by atoms with Gasteiger partial charge in [-0.15, -0.1) is 6.58 Å². The van der Waals surface area contributed by atoms with E-state index >= 15 is 0 Å². The van der Waals surface area contributed by atoms with E-state index in [4.69, 9.17) is 4.74 Å². The second-order valence-electron chi connectivity index (χ2n) is 7.96. The molecule has 1 fully saturated rings. The Morgan fingerprint density at radius 2 is 1.82 bits per heavy atom. The molecule has 168 valence electrons. The lowest BCUT2D eigenvalue weighted by atomic mass is 9.97. The molecule has 3 aromatic rings. The highest BCUT2D eigenvalue weighted by atomic mass is 16.5. The van der Waals surface area contributed by atoms with Crippen LogP contribution < -0.4 is 4.74 Å². The van der Waals surface area contributed by atoms with Crippen molar-refractivity contribution in [1.82, 2.24) is 14.8 Å². The molecule has 4 rings (SSSR count). The number of methoxy groups -OCH3 is 1. The predicted octanol–water partition coefficient (Wildman–Crippen LogP) is 3.84. The molecule has 1 saturated heterocycles. The van der Waals surface area contributed by atoms with Crippen molar-refractivity contribution in [1.29, 1.82) is 0 Å². The molecule has 0 unspecified atom stereocenters. The van der Waals surface area contributed by atoms with Gasteiger partial charge >= 0.3 is 0 Å². The molecule has 6 heteroatoms. The molecule has 2 aromatic carbocycles. The first kappa shape index (κ1) is 22.3. The minimum atomic E-state index is -0.579. The van der Waals surface area contributed by atoms with Gasteiger partial charge < -0.3 is 14.5 Å².